The minimum absolute atomic E-state index is 0. The molecule has 0 radical (unpaired) electrons. The Balaban J connectivity index is 0.00000144. The van der Waals surface area contributed by atoms with E-state index in [1.807, 2.05) is 31.2 Å². The maximum Gasteiger partial charge on any atom is 0.273 e. The van der Waals surface area contributed by atoms with E-state index in [4.69, 9.17) is 4.42 Å². The fourth-order valence-corrected chi connectivity index (χ4v) is 2.75. The van der Waals surface area contributed by atoms with Gasteiger partial charge in [-0.1, -0.05) is 29.8 Å². The first-order chi connectivity index (χ1) is 10.7. The fraction of sp³-hybridized carbons (Fsp3) is 0.412. The van der Waals surface area contributed by atoms with Crippen molar-refractivity contribution >= 4 is 30.7 Å². The SMILES string of the molecule is Cc1ccc(-c2ocnc2C(=O)NCCC2CCNC2)cc1.Cl.Cl. The van der Waals surface area contributed by atoms with Gasteiger partial charge in [-0.2, -0.15) is 0 Å². The van der Waals surface area contributed by atoms with E-state index in [9.17, 15) is 4.79 Å². The number of halogens is 2. The molecule has 2 aromatic rings. The van der Waals surface area contributed by atoms with Crippen LogP contribution in [0.25, 0.3) is 11.3 Å². The monoisotopic (exact) mass is 371 g/mol. The average molecular weight is 372 g/mol. The molecule has 2 N–H and O–H groups in total. The standard InChI is InChI=1S/C17H21N3O2.2ClH/c1-12-2-4-14(5-3-12)16-15(20-11-22-16)17(21)19-9-7-13-6-8-18-10-13;;/h2-5,11,13,18H,6-10H2,1H3,(H,19,21);2*1H. The van der Waals surface area contributed by atoms with E-state index >= 15 is 0 Å². The van der Waals surface area contributed by atoms with E-state index in [1.54, 1.807) is 0 Å². The van der Waals surface area contributed by atoms with Gasteiger partial charge in [-0.05, 0) is 38.8 Å². The van der Waals surface area contributed by atoms with Gasteiger partial charge < -0.3 is 15.1 Å². The van der Waals surface area contributed by atoms with Crippen molar-refractivity contribution in [2.45, 2.75) is 19.8 Å². The molecule has 3 rings (SSSR count). The van der Waals surface area contributed by atoms with E-state index in [0.717, 1.165) is 25.1 Å². The average Bonchev–Trinajstić information content (AvgIpc) is 3.19. The van der Waals surface area contributed by atoms with Gasteiger partial charge >= 0.3 is 0 Å². The molecule has 0 spiro atoms. The largest absolute Gasteiger partial charge is 0.443 e. The van der Waals surface area contributed by atoms with Gasteiger partial charge in [0.15, 0.2) is 17.8 Å². The van der Waals surface area contributed by atoms with E-state index in [2.05, 4.69) is 15.6 Å². The van der Waals surface area contributed by atoms with Crippen molar-refractivity contribution in [2.75, 3.05) is 19.6 Å². The highest BCUT2D eigenvalue weighted by Gasteiger charge is 2.19. The number of carbonyl (C=O) groups is 1. The van der Waals surface area contributed by atoms with Crippen LogP contribution in [0.4, 0.5) is 0 Å². The number of aryl methyl sites for hydroxylation is 1. The lowest BCUT2D eigenvalue weighted by molar-refractivity contribution is 0.0947. The van der Waals surface area contributed by atoms with Crippen LogP contribution in [0, 0.1) is 12.8 Å². The van der Waals surface area contributed by atoms with E-state index in [1.165, 1.54) is 18.4 Å². The Morgan fingerprint density at radius 2 is 2.08 bits per heavy atom. The number of nitrogens with zero attached hydrogens (tertiary/aromatic N) is 1. The number of amides is 1. The van der Waals surface area contributed by atoms with Crippen LogP contribution in [0.5, 0.6) is 0 Å². The van der Waals surface area contributed by atoms with Gasteiger partial charge in [-0.15, -0.1) is 24.8 Å². The van der Waals surface area contributed by atoms with Crippen molar-refractivity contribution in [2.24, 2.45) is 5.92 Å². The lowest BCUT2D eigenvalue weighted by Crippen LogP contribution is -2.27. The number of rotatable bonds is 5. The Hall–Kier alpha value is -1.56. The van der Waals surface area contributed by atoms with Crippen molar-refractivity contribution in [1.29, 1.82) is 0 Å². The summed E-state index contributed by atoms with van der Waals surface area (Å²) in [6.07, 6.45) is 3.51. The summed E-state index contributed by atoms with van der Waals surface area (Å²) < 4.78 is 5.41. The second-order valence-electron chi connectivity index (χ2n) is 5.80. The molecule has 7 heteroatoms. The van der Waals surface area contributed by atoms with Crippen LogP contribution in [-0.2, 0) is 0 Å². The van der Waals surface area contributed by atoms with E-state index < -0.39 is 0 Å². The highest BCUT2D eigenvalue weighted by molar-refractivity contribution is 5.97. The third-order valence-corrected chi connectivity index (χ3v) is 4.10. The molecule has 1 atom stereocenters. The molecule has 0 aliphatic carbocycles. The summed E-state index contributed by atoms with van der Waals surface area (Å²) in [5, 5.41) is 6.28. The first kappa shape index (κ1) is 20.5. The Morgan fingerprint density at radius 1 is 1.33 bits per heavy atom. The Labute approximate surface area is 154 Å². The van der Waals surface area contributed by atoms with E-state index in [-0.39, 0.29) is 30.7 Å². The summed E-state index contributed by atoms with van der Waals surface area (Å²) in [6, 6.07) is 7.87. The minimum atomic E-state index is -0.171. The van der Waals surface area contributed by atoms with Crippen LogP contribution in [0.3, 0.4) is 0 Å². The van der Waals surface area contributed by atoms with Crippen molar-refractivity contribution < 1.29 is 9.21 Å². The molecule has 24 heavy (non-hydrogen) atoms. The smallest absolute Gasteiger partial charge is 0.273 e. The third kappa shape index (κ3) is 4.97. The summed E-state index contributed by atoms with van der Waals surface area (Å²) in [6.45, 7) is 4.83. The molecule has 1 fully saturated rings. The molecule has 1 aliphatic rings. The van der Waals surface area contributed by atoms with Crippen molar-refractivity contribution in [3.8, 4) is 11.3 Å². The second kappa shape index (κ2) is 9.67. The van der Waals surface area contributed by atoms with Gasteiger partial charge in [0.05, 0.1) is 0 Å². The number of nitrogens with one attached hydrogen (secondary N) is 2. The number of hydrogen-bond donors (Lipinski definition) is 2. The number of oxazole rings is 1. The highest BCUT2D eigenvalue weighted by Crippen LogP contribution is 2.23. The molecule has 0 saturated carbocycles. The molecule has 1 amide bonds. The maximum atomic E-state index is 12.3. The van der Waals surface area contributed by atoms with Gasteiger partial charge in [-0.25, -0.2) is 4.98 Å². The summed E-state index contributed by atoms with van der Waals surface area (Å²) in [4.78, 5) is 16.4. The Morgan fingerprint density at radius 3 is 2.75 bits per heavy atom. The summed E-state index contributed by atoms with van der Waals surface area (Å²) >= 11 is 0. The third-order valence-electron chi connectivity index (χ3n) is 4.10. The Kier molecular flexibility index (Phi) is 8.25. The lowest BCUT2D eigenvalue weighted by Gasteiger charge is -2.09. The van der Waals surface area contributed by atoms with Crippen LogP contribution in [0.15, 0.2) is 35.1 Å². The summed E-state index contributed by atoms with van der Waals surface area (Å²) in [5.41, 5.74) is 2.39. The molecule has 132 valence electrons. The molecule has 1 saturated heterocycles. The van der Waals surface area contributed by atoms with Gasteiger partial charge in [0.1, 0.15) is 0 Å². The first-order valence-electron chi connectivity index (χ1n) is 7.73. The predicted molar refractivity (Wildman–Crippen MR) is 99.1 cm³/mol. The minimum Gasteiger partial charge on any atom is -0.443 e. The predicted octanol–water partition coefficient (Wildman–Crippen LogP) is 3.22. The first-order valence-corrected chi connectivity index (χ1v) is 7.73. The van der Waals surface area contributed by atoms with E-state index in [0.29, 0.717) is 23.9 Å². The quantitative estimate of drug-likeness (QED) is 0.846. The fourth-order valence-electron chi connectivity index (χ4n) is 2.75. The Bertz CT molecular complexity index is 638. The second-order valence-corrected chi connectivity index (χ2v) is 5.80. The van der Waals surface area contributed by atoms with Crippen LogP contribution in [0.2, 0.25) is 0 Å². The van der Waals surface area contributed by atoms with Crippen LogP contribution in [-0.4, -0.2) is 30.5 Å². The molecule has 1 unspecified atom stereocenters. The molecule has 0 bridgehead atoms. The summed E-state index contributed by atoms with van der Waals surface area (Å²) in [7, 11) is 0. The van der Waals surface area contributed by atoms with Gasteiger partial charge in [0.25, 0.3) is 5.91 Å². The molecule has 1 aromatic heterocycles. The molecule has 1 aliphatic heterocycles. The van der Waals surface area contributed by atoms with Crippen LogP contribution in [0.1, 0.15) is 28.9 Å². The molecular formula is C17H23Cl2N3O2. The topological polar surface area (TPSA) is 67.2 Å². The van der Waals surface area contributed by atoms with Gasteiger partial charge in [-0.3, -0.25) is 4.79 Å². The summed E-state index contributed by atoms with van der Waals surface area (Å²) in [5.74, 6) is 1.02. The van der Waals surface area contributed by atoms with Crippen LogP contribution < -0.4 is 10.6 Å². The zero-order valence-corrected chi connectivity index (χ0v) is 15.2. The zero-order chi connectivity index (χ0) is 15.4. The number of carbonyl (C=O) groups excluding carboxylic acids is 1. The maximum absolute atomic E-state index is 12.3. The van der Waals surface area contributed by atoms with Crippen molar-refractivity contribution in [3.05, 3.63) is 41.9 Å². The molecule has 5 nitrogen and oxygen atoms in total. The molecular weight excluding hydrogens is 349 g/mol. The number of hydrogen-bond acceptors (Lipinski definition) is 4. The highest BCUT2D eigenvalue weighted by atomic mass is 35.5. The number of benzene rings is 1. The van der Waals surface area contributed by atoms with Gasteiger partial charge in [0.2, 0.25) is 0 Å². The normalized spacial score (nSPS) is 16.1. The molecule has 2 heterocycles. The van der Waals surface area contributed by atoms with Gasteiger partial charge in [0, 0.05) is 12.1 Å². The van der Waals surface area contributed by atoms with Crippen molar-refractivity contribution in [3.63, 3.8) is 0 Å². The van der Waals surface area contributed by atoms with Crippen molar-refractivity contribution in [1.82, 2.24) is 15.6 Å². The lowest BCUT2D eigenvalue weighted by atomic mass is 10.1. The van der Waals surface area contributed by atoms with Crippen LogP contribution >= 0.6 is 24.8 Å². The number of aromatic nitrogens is 1. The molecule has 1 aromatic carbocycles. The zero-order valence-electron chi connectivity index (χ0n) is 13.6.